The van der Waals surface area contributed by atoms with Gasteiger partial charge in [0.25, 0.3) is 0 Å². The molecule has 1 fully saturated rings. The molecule has 1 aliphatic rings. The van der Waals surface area contributed by atoms with Crippen LogP contribution >= 0.6 is 0 Å². The van der Waals surface area contributed by atoms with Crippen LogP contribution in [0.15, 0.2) is 0 Å². The molecule has 18 heavy (non-hydrogen) atoms. The van der Waals surface area contributed by atoms with E-state index in [4.69, 9.17) is 5.73 Å². The lowest BCUT2D eigenvalue weighted by Gasteiger charge is -2.35. The van der Waals surface area contributed by atoms with E-state index in [1.165, 1.54) is 0 Å². The molecule has 0 amide bonds. The number of halogens is 2. The van der Waals surface area contributed by atoms with Gasteiger partial charge in [0, 0.05) is 25.1 Å². The molecule has 2 atom stereocenters. The minimum Gasteiger partial charge on any atom is -0.326 e. The minimum atomic E-state index is -3.29. The maximum absolute atomic E-state index is 13.3. The van der Waals surface area contributed by atoms with Crippen LogP contribution < -0.4 is 5.73 Å². The van der Waals surface area contributed by atoms with Crippen LogP contribution in [-0.4, -0.2) is 31.4 Å². The van der Waals surface area contributed by atoms with Gasteiger partial charge in [0.05, 0.1) is 4.75 Å². The van der Waals surface area contributed by atoms with Crippen molar-refractivity contribution >= 4 is 9.84 Å². The molecule has 0 aliphatic heterocycles. The van der Waals surface area contributed by atoms with E-state index in [2.05, 4.69) is 0 Å². The summed E-state index contributed by atoms with van der Waals surface area (Å²) in [5.41, 5.74) is 5.93. The summed E-state index contributed by atoms with van der Waals surface area (Å²) in [4.78, 5) is 0. The van der Waals surface area contributed by atoms with Gasteiger partial charge < -0.3 is 5.73 Å². The summed E-state index contributed by atoms with van der Waals surface area (Å²) in [5.74, 6) is -2.79. The Morgan fingerprint density at radius 2 is 2.00 bits per heavy atom. The van der Waals surface area contributed by atoms with Gasteiger partial charge in [-0.1, -0.05) is 0 Å². The quantitative estimate of drug-likeness (QED) is 0.861. The molecule has 0 aromatic rings. The molecule has 2 N–H and O–H groups in total. The van der Waals surface area contributed by atoms with Gasteiger partial charge >= 0.3 is 0 Å². The van der Waals surface area contributed by atoms with Gasteiger partial charge in [0.15, 0.2) is 9.84 Å². The molecule has 0 radical (unpaired) electrons. The van der Waals surface area contributed by atoms with E-state index in [0.717, 1.165) is 6.26 Å². The lowest BCUT2D eigenvalue weighted by atomic mass is 9.81. The standard InChI is InChI=1S/C12H23F2NO2S/c1-11(2,18(3,16)17)10(15)7-9-5-4-6-12(13,14)8-9/h9-10H,4-8,15H2,1-3H3. The Bertz CT molecular complexity index is 393. The largest absolute Gasteiger partial charge is 0.326 e. The molecular weight excluding hydrogens is 260 g/mol. The van der Waals surface area contributed by atoms with Crippen molar-refractivity contribution in [3.8, 4) is 0 Å². The first-order valence-corrected chi connectivity index (χ1v) is 8.18. The lowest BCUT2D eigenvalue weighted by Crippen LogP contribution is -2.50. The van der Waals surface area contributed by atoms with E-state index in [9.17, 15) is 17.2 Å². The molecule has 1 aliphatic carbocycles. The smallest absolute Gasteiger partial charge is 0.248 e. The van der Waals surface area contributed by atoms with E-state index in [-0.39, 0.29) is 18.8 Å². The third-order valence-corrected chi connectivity index (χ3v) is 6.39. The molecule has 2 unspecified atom stereocenters. The summed E-state index contributed by atoms with van der Waals surface area (Å²) in [5, 5.41) is 0. The first-order valence-electron chi connectivity index (χ1n) is 6.29. The summed E-state index contributed by atoms with van der Waals surface area (Å²) in [6.07, 6.45) is 2.46. The summed E-state index contributed by atoms with van der Waals surface area (Å²) in [7, 11) is -3.29. The molecule has 108 valence electrons. The normalized spacial score (nSPS) is 26.9. The zero-order valence-corrected chi connectivity index (χ0v) is 12.1. The second-order valence-corrected chi connectivity index (χ2v) is 8.63. The van der Waals surface area contributed by atoms with Crippen LogP contribution in [0.25, 0.3) is 0 Å². The Labute approximate surface area is 108 Å². The summed E-state index contributed by atoms with van der Waals surface area (Å²) in [6.45, 7) is 3.13. The Morgan fingerprint density at radius 1 is 1.44 bits per heavy atom. The van der Waals surface area contributed by atoms with Crippen molar-refractivity contribution in [3.05, 3.63) is 0 Å². The van der Waals surface area contributed by atoms with Gasteiger partial charge in [-0.25, -0.2) is 17.2 Å². The van der Waals surface area contributed by atoms with Crippen LogP contribution in [0.3, 0.4) is 0 Å². The molecule has 0 saturated heterocycles. The fraction of sp³-hybridized carbons (Fsp3) is 1.00. The van der Waals surface area contributed by atoms with Crippen LogP contribution in [0.2, 0.25) is 0 Å². The highest BCUT2D eigenvalue weighted by molar-refractivity contribution is 7.92. The van der Waals surface area contributed by atoms with Gasteiger partial charge in [-0.2, -0.15) is 0 Å². The number of alkyl halides is 2. The van der Waals surface area contributed by atoms with E-state index < -0.39 is 26.5 Å². The Kier molecular flexibility index (Phi) is 4.43. The molecule has 1 rings (SSSR count). The second-order valence-electron chi connectivity index (χ2n) is 6.04. The molecule has 0 heterocycles. The fourth-order valence-corrected chi connectivity index (χ4v) is 3.04. The SMILES string of the molecule is CC(C)(C(N)CC1CCCC(F)(F)C1)S(C)(=O)=O. The maximum atomic E-state index is 13.3. The van der Waals surface area contributed by atoms with Gasteiger partial charge in [-0.3, -0.25) is 0 Å². The number of sulfone groups is 1. The van der Waals surface area contributed by atoms with Crippen LogP contribution in [-0.2, 0) is 9.84 Å². The third-order valence-electron chi connectivity index (χ3n) is 4.18. The number of nitrogens with two attached hydrogens (primary N) is 1. The highest BCUT2D eigenvalue weighted by atomic mass is 32.2. The average Bonchev–Trinajstić information content (AvgIpc) is 2.13. The van der Waals surface area contributed by atoms with Crippen molar-refractivity contribution in [2.75, 3.05) is 6.26 Å². The summed E-state index contributed by atoms with van der Waals surface area (Å²) < 4.78 is 48.8. The van der Waals surface area contributed by atoms with Crippen molar-refractivity contribution in [1.82, 2.24) is 0 Å². The van der Waals surface area contributed by atoms with E-state index in [0.29, 0.717) is 19.3 Å². The molecule has 0 bridgehead atoms. The van der Waals surface area contributed by atoms with Gasteiger partial charge in [0.1, 0.15) is 0 Å². The number of hydrogen-bond acceptors (Lipinski definition) is 3. The van der Waals surface area contributed by atoms with Crippen LogP contribution in [0, 0.1) is 5.92 Å². The minimum absolute atomic E-state index is 0.0613. The maximum Gasteiger partial charge on any atom is 0.248 e. The first kappa shape index (κ1) is 15.8. The predicted molar refractivity (Wildman–Crippen MR) is 68.4 cm³/mol. The van der Waals surface area contributed by atoms with E-state index >= 15 is 0 Å². The van der Waals surface area contributed by atoms with Crippen LogP contribution in [0.5, 0.6) is 0 Å². The molecule has 0 spiro atoms. The zero-order chi connectivity index (χ0) is 14.2. The molecule has 1 saturated carbocycles. The Balaban J connectivity index is 2.68. The average molecular weight is 283 g/mol. The van der Waals surface area contributed by atoms with Gasteiger partial charge in [0.2, 0.25) is 5.92 Å². The summed E-state index contributed by atoms with van der Waals surface area (Å²) in [6, 6.07) is -0.605. The fourth-order valence-electron chi connectivity index (χ4n) is 2.39. The number of hydrogen-bond donors (Lipinski definition) is 1. The van der Waals surface area contributed by atoms with E-state index in [1.54, 1.807) is 13.8 Å². The molecule has 0 aromatic carbocycles. The first-order chi connectivity index (χ1) is 7.96. The lowest BCUT2D eigenvalue weighted by molar-refractivity contribution is -0.0546. The second kappa shape index (κ2) is 5.04. The molecular formula is C12H23F2NO2S. The Hall–Kier alpha value is -0.230. The third kappa shape index (κ3) is 3.63. The van der Waals surface area contributed by atoms with Crippen molar-refractivity contribution in [2.24, 2.45) is 11.7 Å². The van der Waals surface area contributed by atoms with Gasteiger partial charge in [-0.15, -0.1) is 0 Å². The van der Waals surface area contributed by atoms with Crippen molar-refractivity contribution in [3.63, 3.8) is 0 Å². The van der Waals surface area contributed by atoms with E-state index in [1.807, 2.05) is 0 Å². The van der Waals surface area contributed by atoms with Crippen LogP contribution in [0.4, 0.5) is 8.78 Å². The predicted octanol–water partition coefficient (Wildman–Crippen LogP) is 2.35. The number of rotatable bonds is 4. The van der Waals surface area contributed by atoms with Crippen LogP contribution in [0.1, 0.15) is 46.0 Å². The molecule has 3 nitrogen and oxygen atoms in total. The highest BCUT2D eigenvalue weighted by Gasteiger charge is 2.41. The monoisotopic (exact) mass is 283 g/mol. The topological polar surface area (TPSA) is 60.2 Å². The van der Waals surface area contributed by atoms with Gasteiger partial charge in [-0.05, 0) is 39.0 Å². The molecule has 6 heteroatoms. The zero-order valence-electron chi connectivity index (χ0n) is 11.2. The van der Waals surface area contributed by atoms with Crippen molar-refractivity contribution in [1.29, 1.82) is 0 Å². The van der Waals surface area contributed by atoms with Crippen molar-refractivity contribution < 1.29 is 17.2 Å². The van der Waals surface area contributed by atoms with Crippen molar-refractivity contribution in [2.45, 2.75) is 62.7 Å². The Morgan fingerprint density at radius 3 is 2.44 bits per heavy atom. The summed E-state index contributed by atoms with van der Waals surface area (Å²) >= 11 is 0. The molecule has 0 aromatic heterocycles. The highest BCUT2D eigenvalue weighted by Crippen LogP contribution is 2.39.